The van der Waals surface area contributed by atoms with Crippen LogP contribution in [-0.2, 0) is 11.2 Å². The summed E-state index contributed by atoms with van der Waals surface area (Å²) in [4.78, 5) is 12.3. The molecular formula is C16H19F3N2O2. The zero-order valence-corrected chi connectivity index (χ0v) is 13.0. The van der Waals surface area contributed by atoms with Crippen LogP contribution in [0.5, 0.6) is 0 Å². The topological polar surface area (TPSA) is 52.9 Å². The molecule has 1 amide bonds. The van der Waals surface area contributed by atoms with E-state index in [0.717, 1.165) is 0 Å². The number of halogens is 3. The van der Waals surface area contributed by atoms with Crippen LogP contribution in [0, 0.1) is 5.92 Å². The number of carbonyl (C=O) groups is 1. The van der Waals surface area contributed by atoms with Gasteiger partial charge in [-0.1, -0.05) is 44.2 Å². The van der Waals surface area contributed by atoms with E-state index in [1.165, 1.54) is 0 Å². The molecule has 0 spiro atoms. The van der Waals surface area contributed by atoms with Gasteiger partial charge in [0, 0.05) is 12.1 Å². The van der Waals surface area contributed by atoms with Crippen molar-refractivity contribution in [2.45, 2.75) is 45.0 Å². The summed E-state index contributed by atoms with van der Waals surface area (Å²) in [6.45, 7) is 3.67. The summed E-state index contributed by atoms with van der Waals surface area (Å²) >= 11 is 0. The minimum Gasteiger partial charge on any atom is -0.362 e. The van der Waals surface area contributed by atoms with Gasteiger partial charge in [-0.05, 0) is 17.9 Å². The van der Waals surface area contributed by atoms with Crippen LogP contribution in [-0.4, -0.2) is 33.6 Å². The lowest BCUT2D eigenvalue weighted by Gasteiger charge is -2.32. The van der Waals surface area contributed by atoms with E-state index < -0.39 is 24.2 Å². The van der Waals surface area contributed by atoms with Gasteiger partial charge >= 0.3 is 6.18 Å². The van der Waals surface area contributed by atoms with Gasteiger partial charge in [0.1, 0.15) is 0 Å². The van der Waals surface area contributed by atoms with Crippen LogP contribution < -0.4 is 0 Å². The van der Waals surface area contributed by atoms with Gasteiger partial charge in [-0.25, -0.2) is 0 Å². The fourth-order valence-electron chi connectivity index (χ4n) is 2.53. The van der Waals surface area contributed by atoms with Crippen molar-refractivity contribution in [2.24, 2.45) is 11.0 Å². The zero-order valence-electron chi connectivity index (χ0n) is 13.0. The maximum Gasteiger partial charge on any atom is 0.438 e. The number of hydrazone groups is 1. The van der Waals surface area contributed by atoms with Crippen molar-refractivity contribution >= 4 is 11.6 Å². The van der Waals surface area contributed by atoms with Gasteiger partial charge in [0.15, 0.2) is 0 Å². The van der Waals surface area contributed by atoms with E-state index in [-0.39, 0.29) is 23.1 Å². The Morgan fingerprint density at radius 2 is 1.96 bits per heavy atom. The van der Waals surface area contributed by atoms with Crippen molar-refractivity contribution in [3.8, 4) is 0 Å². The number of carbonyl (C=O) groups excluding carboxylic acids is 1. The minimum absolute atomic E-state index is 0.0791. The first-order valence-electron chi connectivity index (χ1n) is 7.36. The molecule has 0 radical (unpaired) electrons. The number of nitrogens with zero attached hydrogens (tertiary/aromatic N) is 2. The number of hydrogen-bond donors (Lipinski definition) is 1. The van der Waals surface area contributed by atoms with Gasteiger partial charge < -0.3 is 5.11 Å². The van der Waals surface area contributed by atoms with Crippen molar-refractivity contribution in [3.05, 3.63) is 35.9 Å². The van der Waals surface area contributed by atoms with E-state index >= 15 is 0 Å². The molecule has 1 aliphatic rings. The minimum atomic E-state index is -4.97. The van der Waals surface area contributed by atoms with E-state index in [4.69, 9.17) is 0 Å². The fourth-order valence-corrected chi connectivity index (χ4v) is 2.53. The van der Waals surface area contributed by atoms with Crippen LogP contribution in [0.4, 0.5) is 13.2 Å². The van der Waals surface area contributed by atoms with Crippen molar-refractivity contribution in [2.75, 3.05) is 0 Å². The van der Waals surface area contributed by atoms with Gasteiger partial charge in [-0.3, -0.25) is 4.79 Å². The Morgan fingerprint density at radius 3 is 2.48 bits per heavy atom. The third kappa shape index (κ3) is 3.72. The predicted molar refractivity (Wildman–Crippen MR) is 79.5 cm³/mol. The second-order valence-electron chi connectivity index (χ2n) is 6.12. The van der Waals surface area contributed by atoms with Crippen LogP contribution in [0.2, 0.25) is 0 Å². The molecule has 126 valence electrons. The summed E-state index contributed by atoms with van der Waals surface area (Å²) in [7, 11) is 0. The molecule has 0 fully saturated rings. The molecule has 1 unspecified atom stereocenters. The molecule has 1 atom stereocenters. The highest BCUT2D eigenvalue weighted by molar-refractivity contribution is 5.91. The van der Waals surface area contributed by atoms with Crippen LogP contribution >= 0.6 is 0 Å². The first kappa shape index (κ1) is 17.5. The molecule has 1 N–H and O–H groups in total. The lowest BCUT2D eigenvalue weighted by molar-refractivity contribution is -0.302. The number of amides is 1. The molecule has 0 aromatic heterocycles. The largest absolute Gasteiger partial charge is 0.438 e. The van der Waals surface area contributed by atoms with E-state index in [1.54, 1.807) is 30.3 Å². The van der Waals surface area contributed by atoms with Crippen LogP contribution in [0.3, 0.4) is 0 Å². The molecule has 0 saturated carbocycles. The zero-order chi connectivity index (χ0) is 17.3. The molecule has 23 heavy (non-hydrogen) atoms. The van der Waals surface area contributed by atoms with Gasteiger partial charge in [0.25, 0.3) is 5.72 Å². The highest BCUT2D eigenvalue weighted by atomic mass is 19.4. The summed E-state index contributed by atoms with van der Waals surface area (Å²) in [5.41, 5.74) is -2.51. The number of benzene rings is 1. The average Bonchev–Trinajstić information content (AvgIpc) is 2.77. The second-order valence-corrected chi connectivity index (χ2v) is 6.12. The quantitative estimate of drug-likeness (QED) is 0.923. The third-order valence-electron chi connectivity index (χ3n) is 3.57. The molecule has 1 aromatic rings. The molecular weight excluding hydrogens is 309 g/mol. The Labute approximate surface area is 132 Å². The number of hydrogen-bond acceptors (Lipinski definition) is 3. The molecule has 0 saturated heterocycles. The summed E-state index contributed by atoms with van der Waals surface area (Å²) in [6, 6.07) is 8.40. The first-order valence-corrected chi connectivity index (χ1v) is 7.36. The standard InChI is InChI=1S/C16H19F3N2O2/c1-11(2)8-13-10-15(23,16(17,18)19)21(20-13)14(22)9-12-6-4-3-5-7-12/h3-7,11,23H,8-10H2,1-2H3. The SMILES string of the molecule is CC(C)CC1=NN(C(=O)Cc2ccccc2)C(O)(C(F)(F)F)C1. The van der Waals surface area contributed by atoms with Crippen molar-refractivity contribution in [1.29, 1.82) is 0 Å². The number of rotatable bonds is 4. The van der Waals surface area contributed by atoms with Crippen molar-refractivity contribution in [3.63, 3.8) is 0 Å². The smallest absolute Gasteiger partial charge is 0.362 e. The van der Waals surface area contributed by atoms with Gasteiger partial charge in [0.05, 0.1) is 6.42 Å². The number of alkyl halides is 3. The summed E-state index contributed by atoms with van der Waals surface area (Å²) in [5.74, 6) is -0.801. The molecule has 2 rings (SSSR count). The lowest BCUT2D eigenvalue weighted by atomic mass is 9.99. The summed E-state index contributed by atoms with van der Waals surface area (Å²) in [5, 5.41) is 14.1. The Balaban J connectivity index is 2.26. The van der Waals surface area contributed by atoms with E-state index in [1.807, 2.05) is 13.8 Å². The predicted octanol–water partition coefficient (Wildman–Crippen LogP) is 3.11. The number of aliphatic hydroxyl groups is 1. The van der Waals surface area contributed by atoms with Crippen molar-refractivity contribution in [1.82, 2.24) is 5.01 Å². The third-order valence-corrected chi connectivity index (χ3v) is 3.57. The van der Waals surface area contributed by atoms with Gasteiger partial charge in [-0.15, -0.1) is 0 Å². The highest BCUT2D eigenvalue weighted by Crippen LogP contribution is 2.41. The normalized spacial score (nSPS) is 21.7. The summed E-state index contributed by atoms with van der Waals surface area (Å²) < 4.78 is 39.9. The maximum absolute atomic E-state index is 13.3. The highest BCUT2D eigenvalue weighted by Gasteiger charge is 2.62. The lowest BCUT2D eigenvalue weighted by Crippen LogP contribution is -2.57. The van der Waals surface area contributed by atoms with Crippen LogP contribution in [0.25, 0.3) is 0 Å². The van der Waals surface area contributed by atoms with Crippen LogP contribution in [0.15, 0.2) is 35.4 Å². The fraction of sp³-hybridized carbons (Fsp3) is 0.500. The Hall–Kier alpha value is -1.89. The molecule has 1 heterocycles. The van der Waals surface area contributed by atoms with Gasteiger partial charge in [-0.2, -0.15) is 23.3 Å². The monoisotopic (exact) mass is 328 g/mol. The molecule has 7 heteroatoms. The Morgan fingerprint density at radius 1 is 1.35 bits per heavy atom. The van der Waals surface area contributed by atoms with E-state index in [9.17, 15) is 23.1 Å². The average molecular weight is 328 g/mol. The molecule has 1 aromatic carbocycles. The maximum atomic E-state index is 13.3. The Bertz CT molecular complexity index is 599. The van der Waals surface area contributed by atoms with E-state index in [0.29, 0.717) is 12.0 Å². The van der Waals surface area contributed by atoms with E-state index in [2.05, 4.69) is 5.10 Å². The summed E-state index contributed by atoms with van der Waals surface area (Å²) in [6.07, 6.45) is -5.62. The molecule has 4 nitrogen and oxygen atoms in total. The molecule has 1 aliphatic heterocycles. The van der Waals surface area contributed by atoms with Gasteiger partial charge in [0.2, 0.25) is 5.91 Å². The molecule has 0 bridgehead atoms. The first-order chi connectivity index (χ1) is 10.6. The van der Waals surface area contributed by atoms with Crippen LogP contribution in [0.1, 0.15) is 32.3 Å². The Kier molecular flexibility index (Phi) is 4.79. The van der Waals surface area contributed by atoms with Crippen molar-refractivity contribution < 1.29 is 23.1 Å². The molecule has 0 aliphatic carbocycles. The second kappa shape index (κ2) is 6.31.